The molecule has 1 amide bonds. The summed E-state index contributed by atoms with van der Waals surface area (Å²) in [5.74, 6) is -0.828. The topological polar surface area (TPSA) is 123 Å². The molecule has 0 bridgehead atoms. The molecule has 3 rings (SSSR count). The van der Waals surface area contributed by atoms with Crippen molar-refractivity contribution in [3.8, 4) is 6.07 Å². The molecule has 8 nitrogen and oxygen atoms in total. The Morgan fingerprint density at radius 3 is 2.42 bits per heavy atom. The summed E-state index contributed by atoms with van der Waals surface area (Å²) in [6.07, 6.45) is 5.12. The van der Waals surface area contributed by atoms with E-state index in [1.54, 1.807) is 0 Å². The number of anilines is 2. The van der Waals surface area contributed by atoms with E-state index in [-0.39, 0.29) is 11.4 Å². The molecule has 1 saturated carbocycles. The number of aromatic nitrogens is 2. The number of nitriles is 1. The quantitative estimate of drug-likeness (QED) is 0.675. The van der Waals surface area contributed by atoms with Crippen LogP contribution in [0.2, 0.25) is 0 Å². The number of para-hydroxylation sites is 1. The number of nitrogens with two attached hydrogens (primary N) is 1. The lowest BCUT2D eigenvalue weighted by Crippen LogP contribution is -2.45. The van der Waals surface area contributed by atoms with E-state index in [1.807, 2.05) is 51.1 Å². The van der Waals surface area contributed by atoms with Gasteiger partial charge in [0.1, 0.15) is 16.6 Å². The molecule has 0 aliphatic heterocycles. The van der Waals surface area contributed by atoms with E-state index in [1.165, 1.54) is 10.9 Å². The van der Waals surface area contributed by atoms with Crippen molar-refractivity contribution in [3.63, 3.8) is 0 Å². The van der Waals surface area contributed by atoms with Gasteiger partial charge >= 0.3 is 5.97 Å². The van der Waals surface area contributed by atoms with E-state index in [9.17, 15) is 14.9 Å². The summed E-state index contributed by atoms with van der Waals surface area (Å²) in [7, 11) is 0. The Labute approximate surface area is 182 Å². The van der Waals surface area contributed by atoms with Crippen LogP contribution in [0.5, 0.6) is 0 Å². The van der Waals surface area contributed by atoms with Crippen LogP contribution >= 0.6 is 0 Å². The van der Waals surface area contributed by atoms with Gasteiger partial charge in [-0.3, -0.25) is 14.3 Å². The third-order valence-corrected chi connectivity index (χ3v) is 5.50. The van der Waals surface area contributed by atoms with Crippen LogP contribution in [0.15, 0.2) is 36.5 Å². The molecular weight excluding hydrogens is 394 g/mol. The molecule has 3 N–H and O–H groups in total. The fourth-order valence-corrected chi connectivity index (χ4v) is 4.04. The van der Waals surface area contributed by atoms with Gasteiger partial charge in [-0.2, -0.15) is 10.4 Å². The number of hydrogen-bond acceptors (Lipinski definition) is 6. The van der Waals surface area contributed by atoms with Gasteiger partial charge in [-0.1, -0.05) is 37.5 Å². The fourth-order valence-electron chi connectivity index (χ4n) is 4.04. The molecule has 1 aliphatic carbocycles. The molecule has 164 valence electrons. The number of amides is 1. The van der Waals surface area contributed by atoms with Crippen molar-refractivity contribution in [2.45, 2.75) is 64.5 Å². The van der Waals surface area contributed by atoms with Crippen molar-refractivity contribution in [3.05, 3.63) is 42.1 Å². The Kier molecular flexibility index (Phi) is 6.34. The monoisotopic (exact) mass is 423 g/mol. The van der Waals surface area contributed by atoms with Gasteiger partial charge in [0, 0.05) is 11.9 Å². The Bertz CT molecular complexity index is 979. The predicted molar refractivity (Wildman–Crippen MR) is 116 cm³/mol. The molecule has 0 spiro atoms. The first kappa shape index (κ1) is 22.3. The number of nitrogens with zero attached hydrogens (tertiary/aromatic N) is 3. The molecule has 8 heteroatoms. The van der Waals surface area contributed by atoms with Crippen LogP contribution in [0.25, 0.3) is 0 Å². The molecule has 1 unspecified atom stereocenters. The Hall–Kier alpha value is -3.34. The second kappa shape index (κ2) is 8.80. The second-order valence-corrected chi connectivity index (χ2v) is 8.98. The predicted octanol–water partition coefficient (Wildman–Crippen LogP) is 4.08. The highest BCUT2D eigenvalue weighted by molar-refractivity contribution is 5.98. The molecule has 1 atom stereocenters. The average Bonchev–Trinajstić information content (AvgIpc) is 3.12. The SMILES string of the molecule is CC(C)(C)OC(=O)C1(C(C#N)n2cc(C(N)=O)c(Nc3ccccc3)n2)CCCCC1. The number of ether oxygens (including phenoxy) is 1. The first-order chi connectivity index (χ1) is 14.7. The van der Waals surface area contributed by atoms with Crippen molar-refractivity contribution in [2.24, 2.45) is 11.1 Å². The van der Waals surface area contributed by atoms with E-state index in [4.69, 9.17) is 10.5 Å². The van der Waals surface area contributed by atoms with Gasteiger partial charge in [-0.15, -0.1) is 0 Å². The summed E-state index contributed by atoms with van der Waals surface area (Å²) in [5, 5.41) is 17.7. The first-order valence-electron chi connectivity index (χ1n) is 10.5. The molecule has 31 heavy (non-hydrogen) atoms. The lowest BCUT2D eigenvalue weighted by molar-refractivity contribution is -0.172. The molecule has 0 radical (unpaired) electrons. The number of carbonyl (C=O) groups excluding carboxylic acids is 2. The maximum absolute atomic E-state index is 13.3. The van der Waals surface area contributed by atoms with Crippen molar-refractivity contribution < 1.29 is 14.3 Å². The van der Waals surface area contributed by atoms with Gasteiger partial charge in [0.15, 0.2) is 11.9 Å². The minimum Gasteiger partial charge on any atom is -0.459 e. The lowest BCUT2D eigenvalue weighted by atomic mass is 9.69. The van der Waals surface area contributed by atoms with Crippen molar-refractivity contribution in [2.75, 3.05) is 5.32 Å². The summed E-state index contributed by atoms with van der Waals surface area (Å²) in [4.78, 5) is 25.4. The summed E-state index contributed by atoms with van der Waals surface area (Å²) in [6, 6.07) is 10.6. The molecule has 1 aromatic heterocycles. The van der Waals surface area contributed by atoms with Crippen LogP contribution in [0, 0.1) is 16.7 Å². The summed E-state index contributed by atoms with van der Waals surface area (Å²) in [6.45, 7) is 5.43. The second-order valence-electron chi connectivity index (χ2n) is 8.98. The minimum absolute atomic E-state index is 0.152. The number of carbonyl (C=O) groups is 2. The van der Waals surface area contributed by atoms with Crippen molar-refractivity contribution in [1.29, 1.82) is 5.26 Å². The van der Waals surface area contributed by atoms with Crippen LogP contribution in [-0.2, 0) is 9.53 Å². The Morgan fingerprint density at radius 2 is 1.87 bits per heavy atom. The van der Waals surface area contributed by atoms with Gasteiger partial charge in [-0.25, -0.2) is 0 Å². The van der Waals surface area contributed by atoms with Crippen LogP contribution in [0.4, 0.5) is 11.5 Å². The highest BCUT2D eigenvalue weighted by Crippen LogP contribution is 2.47. The van der Waals surface area contributed by atoms with Crippen LogP contribution in [0.3, 0.4) is 0 Å². The van der Waals surface area contributed by atoms with E-state index in [2.05, 4.69) is 16.5 Å². The zero-order chi connectivity index (χ0) is 22.6. The van der Waals surface area contributed by atoms with E-state index in [0.717, 1.165) is 24.9 Å². The third-order valence-electron chi connectivity index (χ3n) is 5.50. The van der Waals surface area contributed by atoms with Gasteiger partial charge in [0.25, 0.3) is 5.91 Å². The zero-order valence-corrected chi connectivity index (χ0v) is 18.2. The van der Waals surface area contributed by atoms with Crippen LogP contribution in [-0.4, -0.2) is 27.3 Å². The van der Waals surface area contributed by atoms with E-state index < -0.39 is 28.9 Å². The fraction of sp³-hybridized carbons (Fsp3) is 0.478. The first-order valence-corrected chi connectivity index (χ1v) is 10.5. The number of esters is 1. The third kappa shape index (κ3) is 4.88. The van der Waals surface area contributed by atoms with E-state index in [0.29, 0.717) is 12.8 Å². The summed E-state index contributed by atoms with van der Waals surface area (Å²) >= 11 is 0. The van der Waals surface area contributed by atoms with Crippen molar-refractivity contribution >= 4 is 23.4 Å². The van der Waals surface area contributed by atoms with Gasteiger partial charge in [0.2, 0.25) is 0 Å². The number of primary amides is 1. The Morgan fingerprint density at radius 1 is 1.23 bits per heavy atom. The highest BCUT2D eigenvalue weighted by Gasteiger charge is 2.50. The number of benzene rings is 1. The standard InChI is InChI=1S/C23H29N5O3/c1-22(2,3)31-21(30)23(12-8-5-9-13-23)18(14-24)28-15-17(19(25)29)20(27-28)26-16-10-6-4-7-11-16/h4,6-7,10-11,15,18H,5,8-9,12-13H2,1-3H3,(H2,25,29)(H,26,27). The maximum Gasteiger partial charge on any atom is 0.315 e. The van der Waals surface area contributed by atoms with Gasteiger partial charge in [0.05, 0.1) is 6.07 Å². The molecule has 1 heterocycles. The Balaban J connectivity index is 2.03. The van der Waals surface area contributed by atoms with Crippen LogP contribution in [0.1, 0.15) is 69.3 Å². The lowest BCUT2D eigenvalue weighted by Gasteiger charge is -2.39. The molecule has 2 aromatic rings. The summed E-state index contributed by atoms with van der Waals surface area (Å²) in [5.41, 5.74) is 4.74. The van der Waals surface area contributed by atoms with Gasteiger partial charge < -0.3 is 15.8 Å². The molecule has 1 aliphatic rings. The van der Waals surface area contributed by atoms with Crippen LogP contribution < -0.4 is 11.1 Å². The number of hydrogen-bond donors (Lipinski definition) is 2. The van der Waals surface area contributed by atoms with E-state index >= 15 is 0 Å². The largest absolute Gasteiger partial charge is 0.459 e. The minimum atomic E-state index is -1.04. The average molecular weight is 424 g/mol. The molecule has 0 saturated heterocycles. The molecular formula is C23H29N5O3. The zero-order valence-electron chi connectivity index (χ0n) is 18.2. The number of rotatable bonds is 6. The number of nitrogens with one attached hydrogen (secondary N) is 1. The van der Waals surface area contributed by atoms with Gasteiger partial charge in [-0.05, 0) is 45.7 Å². The normalized spacial score (nSPS) is 16.7. The maximum atomic E-state index is 13.3. The summed E-state index contributed by atoms with van der Waals surface area (Å²) < 4.78 is 7.12. The smallest absolute Gasteiger partial charge is 0.315 e. The molecule has 1 aromatic carbocycles. The van der Waals surface area contributed by atoms with Crippen molar-refractivity contribution in [1.82, 2.24) is 9.78 Å². The molecule has 1 fully saturated rings. The highest BCUT2D eigenvalue weighted by atomic mass is 16.6.